The molecule has 3 amide bonds. The lowest BCUT2D eigenvalue weighted by Gasteiger charge is -2.25. The number of hydrogen-bond donors (Lipinski definition) is 1. The van der Waals surface area contributed by atoms with E-state index in [2.05, 4.69) is 22.1 Å². The molecular formula is C21H17N3O3S. The molecule has 0 aliphatic carbocycles. The fraction of sp³-hybridized carbons (Fsp3) is 0.238. The summed E-state index contributed by atoms with van der Waals surface area (Å²) in [5.74, 6) is 4.94. The van der Waals surface area contributed by atoms with Crippen molar-refractivity contribution in [2.24, 2.45) is 5.41 Å². The molecule has 0 bridgehead atoms. The first-order chi connectivity index (χ1) is 13.5. The lowest BCUT2D eigenvalue weighted by molar-refractivity contribution is -0.127. The number of benzene rings is 1. The number of carbonyl (C=O) groups is 3. The number of thioether (sulfide) groups is 1. The quantitative estimate of drug-likeness (QED) is 0.491. The van der Waals surface area contributed by atoms with E-state index in [1.165, 1.54) is 0 Å². The molecule has 1 fully saturated rings. The molecule has 6 nitrogen and oxygen atoms in total. The molecule has 4 rings (SSSR count). The minimum atomic E-state index is -1.26. The van der Waals surface area contributed by atoms with Crippen molar-refractivity contribution < 1.29 is 14.4 Å². The Bertz CT molecular complexity index is 1040. The predicted octanol–water partition coefficient (Wildman–Crippen LogP) is 1.84. The Balaban J connectivity index is 1.65. The zero-order valence-corrected chi connectivity index (χ0v) is 16.0. The first-order valence-corrected chi connectivity index (χ1v) is 9.97. The Kier molecular flexibility index (Phi) is 4.65. The van der Waals surface area contributed by atoms with Gasteiger partial charge in [0, 0.05) is 41.5 Å². The van der Waals surface area contributed by atoms with Crippen LogP contribution in [0.4, 0.5) is 0 Å². The SMILES string of the molecule is CSc1ccc2c(c1)C(=O)N(C[C@@]1(C#Cc3cccnc3)CC(=O)NC1=O)C2. The van der Waals surface area contributed by atoms with Crippen molar-refractivity contribution in [3.05, 3.63) is 59.4 Å². The maximum absolute atomic E-state index is 12.9. The molecule has 1 saturated heterocycles. The second-order valence-electron chi connectivity index (χ2n) is 6.81. The third kappa shape index (κ3) is 3.27. The van der Waals surface area contributed by atoms with Crippen LogP contribution in [-0.4, -0.2) is 40.4 Å². The van der Waals surface area contributed by atoms with Gasteiger partial charge in [0.15, 0.2) is 0 Å². The van der Waals surface area contributed by atoms with E-state index in [1.807, 2.05) is 24.5 Å². The van der Waals surface area contributed by atoms with E-state index in [4.69, 9.17) is 0 Å². The second-order valence-corrected chi connectivity index (χ2v) is 7.69. The number of amides is 3. The average Bonchev–Trinajstić information content (AvgIpc) is 3.16. The highest BCUT2D eigenvalue weighted by atomic mass is 32.2. The zero-order chi connectivity index (χ0) is 19.7. The maximum Gasteiger partial charge on any atom is 0.254 e. The van der Waals surface area contributed by atoms with Gasteiger partial charge in [-0.3, -0.25) is 24.7 Å². The molecule has 2 aliphatic heterocycles. The first-order valence-electron chi connectivity index (χ1n) is 8.74. The number of rotatable bonds is 3. The fourth-order valence-corrected chi connectivity index (χ4v) is 3.90. The van der Waals surface area contributed by atoms with E-state index in [0.717, 1.165) is 10.5 Å². The van der Waals surface area contributed by atoms with Gasteiger partial charge in [-0.2, -0.15) is 0 Å². The van der Waals surface area contributed by atoms with Crippen molar-refractivity contribution in [1.29, 1.82) is 0 Å². The van der Waals surface area contributed by atoms with Gasteiger partial charge in [0.05, 0.1) is 6.42 Å². The van der Waals surface area contributed by atoms with Gasteiger partial charge in [0.2, 0.25) is 11.8 Å². The largest absolute Gasteiger partial charge is 0.332 e. The topological polar surface area (TPSA) is 79.4 Å². The number of aromatic nitrogens is 1. The summed E-state index contributed by atoms with van der Waals surface area (Å²) in [5, 5.41) is 2.33. The van der Waals surface area contributed by atoms with Gasteiger partial charge in [-0.25, -0.2) is 0 Å². The number of fused-ring (bicyclic) bond motifs is 1. The van der Waals surface area contributed by atoms with Crippen molar-refractivity contribution in [3.63, 3.8) is 0 Å². The molecule has 1 N–H and O–H groups in total. The minimum Gasteiger partial charge on any atom is -0.332 e. The highest BCUT2D eigenvalue weighted by molar-refractivity contribution is 7.98. The van der Waals surface area contributed by atoms with Gasteiger partial charge in [-0.1, -0.05) is 17.9 Å². The van der Waals surface area contributed by atoms with Crippen LogP contribution >= 0.6 is 11.8 Å². The van der Waals surface area contributed by atoms with Gasteiger partial charge in [0.1, 0.15) is 5.41 Å². The standard InChI is InChI=1S/C21H17N3O3S/c1-28-16-5-4-15-12-24(19(26)17(15)9-16)13-21(10-18(25)23-20(21)27)7-6-14-3-2-8-22-11-14/h2-5,8-9,11H,10,12-13H2,1H3,(H,23,25,27)/t21-/m1/s1. The third-order valence-electron chi connectivity index (χ3n) is 4.91. The van der Waals surface area contributed by atoms with Crippen molar-refractivity contribution in [1.82, 2.24) is 15.2 Å². The van der Waals surface area contributed by atoms with Gasteiger partial charge >= 0.3 is 0 Å². The van der Waals surface area contributed by atoms with Crippen LogP contribution < -0.4 is 5.32 Å². The molecule has 0 radical (unpaired) electrons. The van der Waals surface area contributed by atoms with Crippen LogP contribution in [0.5, 0.6) is 0 Å². The molecule has 2 aromatic rings. The normalized spacial score (nSPS) is 20.6. The van der Waals surface area contributed by atoms with E-state index < -0.39 is 11.3 Å². The van der Waals surface area contributed by atoms with Crippen LogP contribution in [-0.2, 0) is 16.1 Å². The lowest BCUT2D eigenvalue weighted by atomic mass is 9.86. The lowest BCUT2D eigenvalue weighted by Crippen LogP contribution is -2.42. The van der Waals surface area contributed by atoms with E-state index in [-0.39, 0.29) is 24.8 Å². The third-order valence-corrected chi connectivity index (χ3v) is 5.64. The molecule has 1 atom stereocenters. The molecule has 2 aliphatic rings. The molecule has 3 heterocycles. The summed E-state index contributed by atoms with van der Waals surface area (Å²) in [6.07, 6.45) is 5.12. The Morgan fingerprint density at radius 1 is 1.29 bits per heavy atom. The van der Waals surface area contributed by atoms with Crippen molar-refractivity contribution in [2.45, 2.75) is 17.9 Å². The van der Waals surface area contributed by atoms with E-state index in [1.54, 1.807) is 41.2 Å². The van der Waals surface area contributed by atoms with Gasteiger partial charge in [-0.05, 0) is 36.1 Å². The summed E-state index contributed by atoms with van der Waals surface area (Å²) < 4.78 is 0. The number of nitrogens with one attached hydrogen (secondary N) is 1. The fourth-order valence-electron chi connectivity index (χ4n) is 3.46. The number of nitrogens with zero attached hydrogens (tertiary/aromatic N) is 2. The maximum atomic E-state index is 12.9. The van der Waals surface area contributed by atoms with Crippen molar-refractivity contribution >= 4 is 29.5 Å². The molecule has 1 aromatic carbocycles. The molecule has 0 unspecified atom stereocenters. The van der Waals surface area contributed by atoms with Crippen LogP contribution in [0.25, 0.3) is 0 Å². The zero-order valence-electron chi connectivity index (χ0n) is 15.2. The number of pyridine rings is 1. The molecule has 1 aromatic heterocycles. The molecule has 140 valence electrons. The highest BCUT2D eigenvalue weighted by Gasteiger charge is 2.48. The molecule has 28 heavy (non-hydrogen) atoms. The van der Waals surface area contributed by atoms with Crippen LogP contribution in [0, 0.1) is 17.3 Å². The van der Waals surface area contributed by atoms with Crippen molar-refractivity contribution in [3.8, 4) is 11.8 Å². The number of hydrogen-bond acceptors (Lipinski definition) is 5. The summed E-state index contributed by atoms with van der Waals surface area (Å²) in [7, 11) is 0. The summed E-state index contributed by atoms with van der Waals surface area (Å²) in [6, 6.07) is 9.32. The van der Waals surface area contributed by atoms with Gasteiger partial charge in [0.25, 0.3) is 5.91 Å². The predicted molar refractivity (Wildman–Crippen MR) is 104 cm³/mol. The number of imide groups is 1. The second kappa shape index (κ2) is 7.13. The van der Waals surface area contributed by atoms with Crippen LogP contribution in [0.1, 0.15) is 27.9 Å². The summed E-state index contributed by atoms with van der Waals surface area (Å²) in [6.45, 7) is 0.473. The van der Waals surface area contributed by atoms with Crippen molar-refractivity contribution in [2.75, 3.05) is 12.8 Å². The Labute approximate surface area is 166 Å². The van der Waals surface area contributed by atoms with Gasteiger partial charge < -0.3 is 4.90 Å². The summed E-state index contributed by atoms with van der Waals surface area (Å²) in [5.41, 5.74) is 0.956. The smallest absolute Gasteiger partial charge is 0.254 e. The summed E-state index contributed by atoms with van der Waals surface area (Å²) >= 11 is 1.57. The molecular weight excluding hydrogens is 374 g/mol. The minimum absolute atomic E-state index is 0.0602. The Morgan fingerprint density at radius 2 is 2.14 bits per heavy atom. The highest BCUT2D eigenvalue weighted by Crippen LogP contribution is 2.33. The molecule has 0 saturated carbocycles. The molecule has 0 spiro atoms. The molecule has 7 heteroatoms. The number of carbonyl (C=O) groups excluding carboxylic acids is 3. The van der Waals surface area contributed by atoms with Crippen LogP contribution in [0.3, 0.4) is 0 Å². The van der Waals surface area contributed by atoms with E-state index >= 15 is 0 Å². The average molecular weight is 391 g/mol. The Hall–Kier alpha value is -3.11. The van der Waals surface area contributed by atoms with Crippen LogP contribution in [0.2, 0.25) is 0 Å². The monoisotopic (exact) mass is 391 g/mol. The van der Waals surface area contributed by atoms with Crippen LogP contribution in [0.15, 0.2) is 47.6 Å². The van der Waals surface area contributed by atoms with E-state index in [0.29, 0.717) is 17.7 Å². The summed E-state index contributed by atoms with van der Waals surface area (Å²) in [4.78, 5) is 44.0. The Morgan fingerprint density at radius 3 is 2.82 bits per heavy atom. The van der Waals surface area contributed by atoms with E-state index in [9.17, 15) is 14.4 Å². The van der Waals surface area contributed by atoms with Gasteiger partial charge in [-0.15, -0.1) is 11.8 Å². The first kappa shape index (κ1) is 18.3.